The summed E-state index contributed by atoms with van der Waals surface area (Å²) < 4.78 is 28.0. The van der Waals surface area contributed by atoms with Crippen LogP contribution in [0.4, 0.5) is 4.39 Å². The number of carbonyl (C=O) groups is 1. The highest BCUT2D eigenvalue weighted by molar-refractivity contribution is 7.21. The van der Waals surface area contributed by atoms with E-state index < -0.39 is 41.0 Å². The molecule has 0 spiro atoms. The number of aryl methyl sites for hydroxylation is 1. The summed E-state index contributed by atoms with van der Waals surface area (Å²) in [5, 5.41) is 18.4. The van der Waals surface area contributed by atoms with Gasteiger partial charge in [0, 0.05) is 11.1 Å². The number of benzene rings is 1. The first-order valence-electron chi connectivity index (χ1n) is 11.8. The van der Waals surface area contributed by atoms with Crippen LogP contribution in [-0.2, 0) is 22.6 Å². The lowest BCUT2D eigenvalue weighted by Crippen LogP contribution is -2.43. The topological polar surface area (TPSA) is 160 Å². The molecule has 0 aliphatic carbocycles. The maximum atomic E-state index is 14.4. The Morgan fingerprint density at radius 2 is 1.95 bits per heavy atom. The number of nitriles is 1. The molecular formula is C25H26FN7O5S. The molecule has 0 fully saturated rings. The van der Waals surface area contributed by atoms with Crippen LogP contribution in [-0.4, -0.2) is 43.8 Å². The first kappa shape index (κ1) is 27.7. The molecule has 0 radical (unpaired) electrons. The van der Waals surface area contributed by atoms with Crippen LogP contribution in [0.1, 0.15) is 31.1 Å². The van der Waals surface area contributed by atoms with Crippen LogP contribution in [0.15, 0.2) is 40.2 Å². The number of aromatic nitrogens is 5. The highest BCUT2D eigenvalue weighted by atomic mass is 32.1. The fourth-order valence-electron chi connectivity index (χ4n) is 4.06. The van der Waals surface area contributed by atoms with Crippen LogP contribution in [0.5, 0.6) is 5.75 Å². The smallest absolute Gasteiger partial charge is 0.332 e. The SMILES string of the molecule is COc1ccc(F)cc1[C@H](Cn1c(=O)n(CC(N)=O)c(=O)c2c(C)c(-n3nccn3)sc21)OCC(C)(C)C#N. The maximum absolute atomic E-state index is 14.4. The molecule has 0 saturated carbocycles. The van der Waals surface area contributed by atoms with Crippen LogP contribution < -0.4 is 21.7 Å². The van der Waals surface area contributed by atoms with Crippen molar-refractivity contribution in [3.05, 3.63) is 68.4 Å². The number of primary amides is 1. The van der Waals surface area contributed by atoms with E-state index in [2.05, 4.69) is 16.3 Å². The second kappa shape index (κ2) is 10.8. The number of halogens is 1. The summed E-state index contributed by atoms with van der Waals surface area (Å²) >= 11 is 1.10. The minimum Gasteiger partial charge on any atom is -0.496 e. The molecule has 4 rings (SSSR count). The van der Waals surface area contributed by atoms with Gasteiger partial charge in [0.1, 0.15) is 34.0 Å². The lowest BCUT2D eigenvalue weighted by atomic mass is 9.97. The molecule has 2 N–H and O–H groups in total. The van der Waals surface area contributed by atoms with Gasteiger partial charge in [-0.25, -0.2) is 9.18 Å². The molecule has 39 heavy (non-hydrogen) atoms. The van der Waals surface area contributed by atoms with E-state index in [1.807, 2.05) is 0 Å². The highest BCUT2D eigenvalue weighted by Crippen LogP contribution is 2.34. The Labute approximate surface area is 225 Å². The molecule has 4 aromatic rings. The lowest BCUT2D eigenvalue weighted by molar-refractivity contribution is -0.118. The van der Waals surface area contributed by atoms with Crippen LogP contribution in [0.3, 0.4) is 0 Å². The third kappa shape index (κ3) is 5.45. The number of hydrogen-bond donors (Lipinski definition) is 1. The van der Waals surface area contributed by atoms with Gasteiger partial charge < -0.3 is 15.2 Å². The van der Waals surface area contributed by atoms with Gasteiger partial charge in [-0.05, 0) is 39.0 Å². The number of carbonyl (C=O) groups excluding carboxylic acids is 1. The van der Waals surface area contributed by atoms with E-state index >= 15 is 0 Å². The van der Waals surface area contributed by atoms with E-state index in [0.717, 1.165) is 15.9 Å². The molecule has 204 valence electrons. The fourth-order valence-corrected chi connectivity index (χ4v) is 5.27. The number of hydrogen-bond acceptors (Lipinski definition) is 9. The zero-order chi connectivity index (χ0) is 28.5. The molecule has 3 aromatic heterocycles. The molecular weight excluding hydrogens is 529 g/mol. The van der Waals surface area contributed by atoms with Crippen molar-refractivity contribution in [2.24, 2.45) is 11.1 Å². The van der Waals surface area contributed by atoms with Gasteiger partial charge in [-0.2, -0.15) is 15.5 Å². The van der Waals surface area contributed by atoms with Crippen LogP contribution in [0.25, 0.3) is 15.2 Å². The van der Waals surface area contributed by atoms with E-state index in [-0.39, 0.29) is 23.4 Å². The number of rotatable bonds is 10. The van der Waals surface area contributed by atoms with Gasteiger partial charge in [0.2, 0.25) is 5.91 Å². The summed E-state index contributed by atoms with van der Waals surface area (Å²) in [5.41, 5.74) is 3.74. The largest absolute Gasteiger partial charge is 0.496 e. The Hall–Kier alpha value is -4.35. The van der Waals surface area contributed by atoms with Crippen molar-refractivity contribution in [3.63, 3.8) is 0 Å². The first-order valence-corrected chi connectivity index (χ1v) is 12.6. The molecule has 0 aliphatic heterocycles. The van der Waals surface area contributed by atoms with E-state index in [4.69, 9.17) is 15.2 Å². The number of nitrogens with two attached hydrogens (primary N) is 1. The summed E-state index contributed by atoms with van der Waals surface area (Å²) in [4.78, 5) is 40.5. The zero-order valence-electron chi connectivity index (χ0n) is 21.7. The molecule has 0 unspecified atom stereocenters. The molecule has 0 aliphatic rings. The third-order valence-electron chi connectivity index (χ3n) is 6.02. The molecule has 12 nitrogen and oxygen atoms in total. The average Bonchev–Trinajstić information content (AvgIpc) is 3.54. The van der Waals surface area contributed by atoms with Gasteiger partial charge in [-0.1, -0.05) is 11.3 Å². The summed E-state index contributed by atoms with van der Waals surface area (Å²) in [6.07, 6.45) is 1.95. The van der Waals surface area contributed by atoms with Crippen molar-refractivity contribution >= 4 is 27.5 Å². The summed E-state index contributed by atoms with van der Waals surface area (Å²) in [6.45, 7) is 4.13. The summed E-state index contributed by atoms with van der Waals surface area (Å²) in [6, 6.07) is 6.03. The van der Waals surface area contributed by atoms with Crippen LogP contribution in [0.2, 0.25) is 0 Å². The van der Waals surface area contributed by atoms with Gasteiger partial charge in [0.05, 0.1) is 49.5 Å². The van der Waals surface area contributed by atoms with E-state index in [9.17, 15) is 24.0 Å². The monoisotopic (exact) mass is 555 g/mol. The van der Waals surface area contributed by atoms with E-state index in [1.165, 1.54) is 47.1 Å². The van der Waals surface area contributed by atoms with Gasteiger partial charge in [-0.15, -0.1) is 4.80 Å². The molecule has 14 heteroatoms. The molecule has 0 saturated heterocycles. The zero-order valence-corrected chi connectivity index (χ0v) is 22.5. The second-order valence-corrected chi connectivity index (χ2v) is 10.4. The van der Waals surface area contributed by atoms with Crippen LogP contribution in [0, 0.1) is 29.5 Å². The number of methoxy groups -OCH3 is 1. The predicted octanol–water partition coefficient (Wildman–Crippen LogP) is 2.05. The van der Waals surface area contributed by atoms with Gasteiger partial charge >= 0.3 is 5.69 Å². The number of nitrogens with zero attached hydrogens (tertiary/aromatic N) is 6. The number of fused-ring (bicyclic) bond motifs is 1. The van der Waals surface area contributed by atoms with Crippen molar-refractivity contribution in [3.8, 4) is 16.8 Å². The Balaban J connectivity index is 1.97. The van der Waals surface area contributed by atoms with E-state index in [1.54, 1.807) is 20.8 Å². The van der Waals surface area contributed by atoms with E-state index in [0.29, 0.717) is 21.9 Å². The Morgan fingerprint density at radius 1 is 1.26 bits per heavy atom. The van der Waals surface area contributed by atoms with Crippen LogP contribution >= 0.6 is 11.3 Å². The Bertz CT molecular complexity index is 1700. The Morgan fingerprint density at radius 3 is 2.56 bits per heavy atom. The molecule has 1 aromatic carbocycles. The third-order valence-corrected chi connectivity index (χ3v) is 7.30. The first-order chi connectivity index (χ1) is 18.5. The summed E-state index contributed by atoms with van der Waals surface area (Å²) in [5.74, 6) is -1.14. The van der Waals surface area contributed by atoms with Crippen molar-refractivity contribution in [2.75, 3.05) is 13.7 Å². The van der Waals surface area contributed by atoms with Crippen molar-refractivity contribution in [2.45, 2.75) is 40.0 Å². The van der Waals surface area contributed by atoms with Gasteiger partial charge in [0.15, 0.2) is 0 Å². The number of amides is 1. The maximum Gasteiger partial charge on any atom is 0.332 e. The fraction of sp³-hybridized carbons (Fsp3) is 0.360. The minimum atomic E-state index is -0.989. The number of thiophene rings is 1. The van der Waals surface area contributed by atoms with Gasteiger partial charge in [-0.3, -0.25) is 18.7 Å². The minimum absolute atomic E-state index is 0.0570. The number of ether oxygens (including phenoxy) is 2. The average molecular weight is 556 g/mol. The van der Waals surface area contributed by atoms with Crippen molar-refractivity contribution in [1.82, 2.24) is 24.1 Å². The van der Waals surface area contributed by atoms with Gasteiger partial charge in [0.25, 0.3) is 5.56 Å². The Kier molecular flexibility index (Phi) is 7.66. The lowest BCUT2D eigenvalue weighted by Gasteiger charge is -2.25. The molecule has 0 bridgehead atoms. The second-order valence-electron chi connectivity index (χ2n) is 9.46. The molecule has 3 heterocycles. The van der Waals surface area contributed by atoms with Crippen molar-refractivity contribution in [1.29, 1.82) is 5.26 Å². The quantitative estimate of drug-likeness (QED) is 0.311. The molecule has 1 atom stereocenters. The highest BCUT2D eigenvalue weighted by Gasteiger charge is 2.28. The standard InChI is InChI=1S/C25H26FN7O5S/c1-14-20-21(35)31(11-19(28)34)24(36)32(23(20)39-22(14)33-29-7-8-30-33)10-18(38-13-25(2,3)12-27)16-9-15(26)5-6-17(16)37-4/h5-9,18H,10-11,13H2,1-4H3,(H2,28,34)/t18-/m0/s1. The van der Waals surface area contributed by atoms with Crippen molar-refractivity contribution < 1.29 is 18.7 Å². The normalized spacial score (nSPS) is 12.4. The predicted molar refractivity (Wildman–Crippen MR) is 140 cm³/mol. The molecule has 1 amide bonds. The summed E-state index contributed by atoms with van der Waals surface area (Å²) in [7, 11) is 1.41.